The molecule has 0 bridgehead atoms. The molecule has 1 heterocycles. The summed E-state index contributed by atoms with van der Waals surface area (Å²) in [4.78, 5) is 23.3. The molecule has 1 rings (SSSR count). The van der Waals surface area contributed by atoms with Crippen molar-refractivity contribution in [2.24, 2.45) is 0 Å². The highest BCUT2D eigenvalue weighted by atomic mass is 16.5. The number of carbonyl (C=O) groups excluding carboxylic acids is 2. The Morgan fingerprint density at radius 3 is 3.17 bits per heavy atom. The van der Waals surface area contributed by atoms with E-state index in [1.807, 2.05) is 7.05 Å². The van der Waals surface area contributed by atoms with Gasteiger partial charge in [-0.15, -0.1) is 0 Å². The van der Waals surface area contributed by atoms with E-state index in [0.717, 1.165) is 31.8 Å². The molecule has 0 aromatic rings. The molecule has 18 heavy (non-hydrogen) atoms. The predicted molar refractivity (Wildman–Crippen MR) is 66.3 cm³/mol. The van der Waals surface area contributed by atoms with Crippen LogP contribution in [0.5, 0.6) is 0 Å². The third-order valence-corrected chi connectivity index (χ3v) is 2.62. The normalized spacial score (nSPS) is 21.1. The van der Waals surface area contributed by atoms with Gasteiger partial charge in [-0.05, 0) is 13.1 Å². The Kier molecular flexibility index (Phi) is 7.24. The third-order valence-electron chi connectivity index (χ3n) is 2.62. The van der Waals surface area contributed by atoms with Crippen molar-refractivity contribution in [1.29, 1.82) is 0 Å². The van der Waals surface area contributed by atoms with Gasteiger partial charge in [-0.2, -0.15) is 0 Å². The van der Waals surface area contributed by atoms with Crippen molar-refractivity contribution in [3.63, 3.8) is 0 Å². The highest BCUT2D eigenvalue weighted by Gasteiger charge is 2.19. The number of rotatable bonds is 7. The van der Waals surface area contributed by atoms with Crippen molar-refractivity contribution < 1.29 is 19.1 Å². The maximum atomic E-state index is 11.1. The van der Waals surface area contributed by atoms with Crippen LogP contribution in [0.3, 0.4) is 0 Å². The van der Waals surface area contributed by atoms with E-state index in [9.17, 15) is 9.59 Å². The molecule has 0 radical (unpaired) electrons. The summed E-state index contributed by atoms with van der Waals surface area (Å²) in [6.45, 7) is 4.22. The van der Waals surface area contributed by atoms with Gasteiger partial charge in [0.2, 0.25) is 0 Å². The molecule has 1 N–H and O–H groups in total. The van der Waals surface area contributed by atoms with Gasteiger partial charge in [0.05, 0.1) is 12.7 Å². The molecule has 102 valence electrons. The molecule has 1 fully saturated rings. The van der Waals surface area contributed by atoms with Gasteiger partial charge in [0, 0.05) is 32.3 Å². The standard InChI is InChI=1S/C12H20N2O4/c1-13-9-11-10-14(4-7-17-11)5-8-18-12(16)3-2-6-15/h2-3,6,11,13H,4-5,7-10H2,1H3/b3-2+. The summed E-state index contributed by atoms with van der Waals surface area (Å²) in [6, 6.07) is 0. The maximum absolute atomic E-state index is 11.1. The lowest BCUT2D eigenvalue weighted by Crippen LogP contribution is -2.47. The second-order valence-corrected chi connectivity index (χ2v) is 4.01. The van der Waals surface area contributed by atoms with E-state index < -0.39 is 5.97 Å². The molecule has 1 atom stereocenters. The molecule has 1 aliphatic heterocycles. The Balaban J connectivity index is 2.16. The first-order valence-electron chi connectivity index (χ1n) is 6.03. The van der Waals surface area contributed by atoms with Crippen LogP contribution >= 0.6 is 0 Å². The molecule has 0 spiro atoms. The van der Waals surface area contributed by atoms with Crippen molar-refractivity contribution in [2.45, 2.75) is 6.10 Å². The molecule has 0 aromatic carbocycles. The van der Waals surface area contributed by atoms with Crippen LogP contribution in [0.15, 0.2) is 12.2 Å². The predicted octanol–water partition coefficient (Wildman–Crippen LogP) is -0.795. The fourth-order valence-corrected chi connectivity index (χ4v) is 1.78. The van der Waals surface area contributed by atoms with Gasteiger partial charge < -0.3 is 14.8 Å². The van der Waals surface area contributed by atoms with E-state index in [-0.39, 0.29) is 6.10 Å². The maximum Gasteiger partial charge on any atom is 0.330 e. The van der Waals surface area contributed by atoms with Crippen LogP contribution in [0.4, 0.5) is 0 Å². The lowest BCUT2D eigenvalue weighted by molar-refractivity contribution is -0.138. The summed E-state index contributed by atoms with van der Waals surface area (Å²) in [5.41, 5.74) is 0. The van der Waals surface area contributed by atoms with Crippen LogP contribution in [0.25, 0.3) is 0 Å². The molecule has 0 aliphatic carbocycles. The monoisotopic (exact) mass is 256 g/mol. The smallest absolute Gasteiger partial charge is 0.330 e. The van der Waals surface area contributed by atoms with Gasteiger partial charge in [0.1, 0.15) is 12.9 Å². The molecule has 1 saturated heterocycles. The topological polar surface area (TPSA) is 67.9 Å². The van der Waals surface area contributed by atoms with Gasteiger partial charge >= 0.3 is 5.97 Å². The van der Waals surface area contributed by atoms with Crippen molar-refractivity contribution in [3.05, 3.63) is 12.2 Å². The Morgan fingerprint density at radius 2 is 2.44 bits per heavy atom. The fraction of sp³-hybridized carbons (Fsp3) is 0.667. The number of nitrogens with one attached hydrogen (secondary N) is 1. The van der Waals surface area contributed by atoms with Crippen molar-refractivity contribution in [3.8, 4) is 0 Å². The summed E-state index contributed by atoms with van der Waals surface area (Å²) in [7, 11) is 1.89. The van der Waals surface area contributed by atoms with Crippen molar-refractivity contribution >= 4 is 12.3 Å². The first-order valence-corrected chi connectivity index (χ1v) is 6.03. The average Bonchev–Trinajstić information content (AvgIpc) is 2.37. The number of hydrogen-bond donors (Lipinski definition) is 1. The second kappa shape index (κ2) is 8.79. The summed E-state index contributed by atoms with van der Waals surface area (Å²) < 4.78 is 10.5. The van der Waals surface area contributed by atoms with E-state index >= 15 is 0 Å². The van der Waals surface area contributed by atoms with Crippen LogP contribution in [0.1, 0.15) is 0 Å². The molecule has 1 aliphatic rings. The minimum absolute atomic E-state index is 0.189. The largest absolute Gasteiger partial charge is 0.461 e. The summed E-state index contributed by atoms with van der Waals surface area (Å²) in [5.74, 6) is -0.484. The van der Waals surface area contributed by atoms with Crippen LogP contribution in [0, 0.1) is 0 Å². The molecule has 0 aromatic heterocycles. The number of esters is 1. The average molecular weight is 256 g/mol. The van der Waals surface area contributed by atoms with Crippen molar-refractivity contribution in [2.75, 3.05) is 46.4 Å². The number of hydrogen-bond acceptors (Lipinski definition) is 6. The quantitative estimate of drug-likeness (QED) is 0.365. The Morgan fingerprint density at radius 1 is 1.61 bits per heavy atom. The second-order valence-electron chi connectivity index (χ2n) is 4.01. The van der Waals surface area contributed by atoms with Gasteiger partial charge in [0.15, 0.2) is 0 Å². The van der Waals surface area contributed by atoms with E-state index in [1.54, 1.807) is 0 Å². The Hall–Kier alpha value is -1.24. The molecule has 0 saturated carbocycles. The highest BCUT2D eigenvalue weighted by molar-refractivity contribution is 5.86. The van der Waals surface area contributed by atoms with Crippen LogP contribution < -0.4 is 5.32 Å². The minimum Gasteiger partial charge on any atom is -0.461 e. The number of carbonyl (C=O) groups is 2. The number of aldehydes is 1. The molecule has 1 unspecified atom stereocenters. The molecule has 6 heteroatoms. The highest BCUT2D eigenvalue weighted by Crippen LogP contribution is 2.03. The molecular weight excluding hydrogens is 236 g/mol. The zero-order chi connectivity index (χ0) is 13.2. The Bertz CT molecular complexity index is 292. The number of likely N-dealkylation sites (N-methyl/N-ethyl adjacent to an activating group) is 1. The lowest BCUT2D eigenvalue weighted by atomic mass is 10.2. The van der Waals surface area contributed by atoms with Crippen molar-refractivity contribution in [1.82, 2.24) is 10.2 Å². The first kappa shape index (κ1) is 14.8. The Labute approximate surface area is 107 Å². The zero-order valence-electron chi connectivity index (χ0n) is 10.6. The molecule has 0 amide bonds. The number of morpholine rings is 1. The van der Waals surface area contributed by atoms with Gasteiger partial charge in [0.25, 0.3) is 0 Å². The van der Waals surface area contributed by atoms with Crippen LogP contribution in [-0.2, 0) is 19.1 Å². The van der Waals surface area contributed by atoms with Crippen LogP contribution in [0.2, 0.25) is 0 Å². The van der Waals surface area contributed by atoms with E-state index in [1.165, 1.54) is 0 Å². The lowest BCUT2D eigenvalue weighted by Gasteiger charge is -2.32. The third kappa shape index (κ3) is 5.90. The zero-order valence-corrected chi connectivity index (χ0v) is 10.6. The van der Waals surface area contributed by atoms with Crippen LogP contribution in [-0.4, -0.2) is 69.7 Å². The van der Waals surface area contributed by atoms with Gasteiger partial charge in [-0.1, -0.05) is 0 Å². The van der Waals surface area contributed by atoms with Gasteiger partial charge in [-0.25, -0.2) is 4.79 Å². The molecular formula is C12H20N2O4. The van der Waals surface area contributed by atoms with Gasteiger partial charge in [-0.3, -0.25) is 9.69 Å². The molecule has 6 nitrogen and oxygen atoms in total. The number of ether oxygens (including phenoxy) is 2. The summed E-state index contributed by atoms with van der Waals surface area (Å²) >= 11 is 0. The van der Waals surface area contributed by atoms with E-state index in [2.05, 4.69) is 10.2 Å². The number of nitrogens with zero attached hydrogens (tertiary/aromatic N) is 1. The first-order chi connectivity index (χ1) is 8.76. The minimum atomic E-state index is -0.484. The summed E-state index contributed by atoms with van der Waals surface area (Å²) in [6.07, 6.45) is 2.98. The summed E-state index contributed by atoms with van der Waals surface area (Å²) in [5, 5.41) is 3.08. The fourth-order valence-electron chi connectivity index (χ4n) is 1.78. The SMILES string of the molecule is CNCC1CN(CCOC(=O)/C=C/C=O)CCO1. The number of allylic oxidation sites excluding steroid dienone is 1. The van der Waals surface area contributed by atoms with E-state index in [0.29, 0.717) is 26.0 Å². The van der Waals surface area contributed by atoms with E-state index in [4.69, 9.17) is 9.47 Å².